The summed E-state index contributed by atoms with van der Waals surface area (Å²) in [7, 11) is 0. The number of hydrogen-bond acceptors (Lipinski definition) is 3. The minimum Gasteiger partial charge on any atom is -0.508 e. The molecule has 0 heterocycles. The number of amides is 1. The first-order valence-corrected chi connectivity index (χ1v) is 5.00. The molecule has 0 aliphatic heterocycles. The molecule has 0 spiro atoms. The molecular weight excluding hydrogens is 218 g/mol. The van der Waals surface area contributed by atoms with Gasteiger partial charge < -0.3 is 15.9 Å². The average Bonchev–Trinajstić information content (AvgIpc) is 2.29. The van der Waals surface area contributed by atoms with Crippen molar-refractivity contribution in [1.29, 1.82) is 0 Å². The Morgan fingerprint density at radius 1 is 1.06 bits per heavy atom. The van der Waals surface area contributed by atoms with Crippen molar-refractivity contribution in [2.75, 3.05) is 0 Å². The van der Waals surface area contributed by atoms with Gasteiger partial charge in [0.05, 0.1) is 0 Å². The van der Waals surface area contributed by atoms with Crippen molar-refractivity contribution in [3.63, 3.8) is 0 Å². The maximum absolute atomic E-state index is 11.0. The van der Waals surface area contributed by atoms with Crippen LogP contribution in [0.5, 0.6) is 11.5 Å². The third-order valence-electron chi connectivity index (χ3n) is 2.44. The van der Waals surface area contributed by atoms with Crippen molar-refractivity contribution in [2.24, 2.45) is 5.73 Å². The minimum absolute atomic E-state index is 0.0164. The van der Waals surface area contributed by atoms with Gasteiger partial charge in [0.1, 0.15) is 11.5 Å². The number of benzene rings is 2. The lowest BCUT2D eigenvalue weighted by Gasteiger charge is -2.06. The highest BCUT2D eigenvalue weighted by molar-refractivity contribution is 5.94. The van der Waals surface area contributed by atoms with Crippen LogP contribution in [0.4, 0.5) is 0 Å². The lowest BCUT2D eigenvalue weighted by molar-refractivity contribution is 0.100. The van der Waals surface area contributed by atoms with Gasteiger partial charge in [-0.05, 0) is 29.8 Å². The van der Waals surface area contributed by atoms with E-state index in [1.54, 1.807) is 30.3 Å². The Labute approximate surface area is 97.9 Å². The highest BCUT2D eigenvalue weighted by atomic mass is 16.3. The van der Waals surface area contributed by atoms with E-state index in [-0.39, 0.29) is 11.5 Å². The Hall–Kier alpha value is -2.49. The van der Waals surface area contributed by atoms with Crippen molar-refractivity contribution in [3.8, 4) is 22.6 Å². The van der Waals surface area contributed by atoms with Crippen LogP contribution >= 0.6 is 0 Å². The van der Waals surface area contributed by atoms with Gasteiger partial charge in [-0.2, -0.15) is 0 Å². The maximum Gasteiger partial charge on any atom is 0.248 e. The molecule has 0 saturated carbocycles. The van der Waals surface area contributed by atoms with Gasteiger partial charge in [-0.1, -0.05) is 12.1 Å². The van der Waals surface area contributed by atoms with Crippen LogP contribution in [0.1, 0.15) is 10.4 Å². The number of phenolic OH excluding ortho intramolecular Hbond substituents is 2. The molecule has 0 aliphatic carbocycles. The fourth-order valence-electron chi connectivity index (χ4n) is 1.60. The molecule has 0 fully saturated rings. The van der Waals surface area contributed by atoms with Crippen LogP contribution in [0.3, 0.4) is 0 Å². The summed E-state index contributed by atoms with van der Waals surface area (Å²) in [5, 5.41) is 18.9. The zero-order valence-corrected chi connectivity index (χ0v) is 8.92. The smallest absolute Gasteiger partial charge is 0.248 e. The van der Waals surface area contributed by atoms with Crippen molar-refractivity contribution in [1.82, 2.24) is 0 Å². The number of nitrogens with two attached hydrogens (primary N) is 1. The molecule has 0 saturated heterocycles. The van der Waals surface area contributed by atoms with Crippen molar-refractivity contribution in [3.05, 3.63) is 48.0 Å². The summed E-state index contributed by atoms with van der Waals surface area (Å²) in [5.41, 5.74) is 6.75. The number of primary amides is 1. The average molecular weight is 229 g/mol. The zero-order chi connectivity index (χ0) is 12.4. The molecule has 2 aromatic carbocycles. The summed E-state index contributed by atoms with van der Waals surface area (Å²) in [6.07, 6.45) is 0. The molecule has 4 nitrogen and oxygen atoms in total. The molecule has 0 aromatic heterocycles. The molecule has 0 bridgehead atoms. The fraction of sp³-hybridized carbons (Fsp3) is 0. The summed E-state index contributed by atoms with van der Waals surface area (Å²) < 4.78 is 0. The fourth-order valence-corrected chi connectivity index (χ4v) is 1.60. The molecule has 2 aromatic rings. The molecule has 86 valence electrons. The van der Waals surface area contributed by atoms with Gasteiger partial charge in [0.2, 0.25) is 5.91 Å². The van der Waals surface area contributed by atoms with Crippen molar-refractivity contribution >= 4 is 5.91 Å². The Balaban J connectivity index is 2.53. The number of carbonyl (C=O) groups is 1. The summed E-state index contributed by atoms with van der Waals surface area (Å²) in [6, 6.07) is 10.9. The van der Waals surface area contributed by atoms with Crippen LogP contribution in [-0.2, 0) is 0 Å². The number of carbonyl (C=O) groups excluding carboxylic acids is 1. The maximum atomic E-state index is 11.0. The molecular formula is C13H11NO3. The van der Waals surface area contributed by atoms with Gasteiger partial charge in [0, 0.05) is 17.2 Å². The predicted molar refractivity (Wildman–Crippen MR) is 63.7 cm³/mol. The van der Waals surface area contributed by atoms with E-state index in [0.717, 1.165) is 0 Å². The van der Waals surface area contributed by atoms with Crippen LogP contribution in [0.25, 0.3) is 11.1 Å². The molecule has 0 aliphatic rings. The molecule has 2 rings (SSSR count). The van der Waals surface area contributed by atoms with Gasteiger partial charge in [-0.3, -0.25) is 4.79 Å². The number of hydrogen-bond donors (Lipinski definition) is 3. The van der Waals surface area contributed by atoms with E-state index in [2.05, 4.69) is 0 Å². The Bertz CT molecular complexity index is 579. The van der Waals surface area contributed by atoms with E-state index in [0.29, 0.717) is 16.7 Å². The SMILES string of the molecule is NC(=O)c1cccc(-c2ccc(O)cc2O)c1. The van der Waals surface area contributed by atoms with E-state index >= 15 is 0 Å². The van der Waals surface area contributed by atoms with Crippen LogP contribution < -0.4 is 5.73 Å². The van der Waals surface area contributed by atoms with E-state index in [1.807, 2.05) is 0 Å². The van der Waals surface area contributed by atoms with E-state index < -0.39 is 5.91 Å². The van der Waals surface area contributed by atoms with Gasteiger partial charge in [-0.15, -0.1) is 0 Å². The molecule has 0 radical (unpaired) electrons. The Kier molecular flexibility index (Phi) is 2.70. The monoisotopic (exact) mass is 229 g/mol. The van der Waals surface area contributed by atoms with Crippen LogP contribution in [0.15, 0.2) is 42.5 Å². The number of phenols is 2. The quantitative estimate of drug-likeness (QED) is 0.735. The Morgan fingerprint density at radius 2 is 1.82 bits per heavy atom. The summed E-state index contributed by atoms with van der Waals surface area (Å²) in [5.74, 6) is -0.589. The van der Waals surface area contributed by atoms with Gasteiger partial charge in [0.25, 0.3) is 0 Å². The number of rotatable bonds is 2. The number of aromatic hydroxyl groups is 2. The van der Waals surface area contributed by atoms with Gasteiger partial charge >= 0.3 is 0 Å². The second-order valence-electron chi connectivity index (χ2n) is 3.65. The first kappa shape index (κ1) is 11.0. The van der Waals surface area contributed by atoms with Crippen molar-refractivity contribution in [2.45, 2.75) is 0 Å². The summed E-state index contributed by atoms with van der Waals surface area (Å²) >= 11 is 0. The zero-order valence-electron chi connectivity index (χ0n) is 8.92. The topological polar surface area (TPSA) is 83.6 Å². The minimum atomic E-state index is -0.523. The largest absolute Gasteiger partial charge is 0.508 e. The Morgan fingerprint density at radius 3 is 2.47 bits per heavy atom. The molecule has 0 atom stereocenters. The third kappa shape index (κ3) is 2.20. The first-order chi connectivity index (χ1) is 8.08. The standard InChI is InChI=1S/C13H11NO3/c14-13(17)9-3-1-2-8(6-9)11-5-4-10(15)7-12(11)16/h1-7,15-16H,(H2,14,17). The third-order valence-corrected chi connectivity index (χ3v) is 2.44. The molecule has 1 amide bonds. The predicted octanol–water partition coefficient (Wildman–Crippen LogP) is 1.86. The van der Waals surface area contributed by atoms with Crippen LogP contribution in [0, 0.1) is 0 Å². The first-order valence-electron chi connectivity index (χ1n) is 5.00. The highest BCUT2D eigenvalue weighted by Gasteiger charge is 2.07. The van der Waals surface area contributed by atoms with Crippen LogP contribution in [-0.4, -0.2) is 16.1 Å². The van der Waals surface area contributed by atoms with Gasteiger partial charge in [0.15, 0.2) is 0 Å². The second kappa shape index (κ2) is 4.17. The van der Waals surface area contributed by atoms with E-state index in [4.69, 9.17) is 5.73 Å². The summed E-state index contributed by atoms with van der Waals surface area (Å²) in [4.78, 5) is 11.0. The lowest BCUT2D eigenvalue weighted by atomic mass is 10.0. The highest BCUT2D eigenvalue weighted by Crippen LogP contribution is 2.32. The van der Waals surface area contributed by atoms with E-state index in [1.165, 1.54) is 12.1 Å². The summed E-state index contributed by atoms with van der Waals surface area (Å²) in [6.45, 7) is 0. The van der Waals surface area contributed by atoms with Crippen LogP contribution in [0.2, 0.25) is 0 Å². The van der Waals surface area contributed by atoms with E-state index in [9.17, 15) is 15.0 Å². The molecule has 17 heavy (non-hydrogen) atoms. The van der Waals surface area contributed by atoms with Gasteiger partial charge in [-0.25, -0.2) is 0 Å². The lowest BCUT2D eigenvalue weighted by Crippen LogP contribution is -2.10. The normalized spacial score (nSPS) is 10.1. The molecule has 4 heteroatoms. The molecule has 0 unspecified atom stereocenters. The second-order valence-corrected chi connectivity index (χ2v) is 3.65. The molecule has 4 N–H and O–H groups in total. The van der Waals surface area contributed by atoms with Crippen molar-refractivity contribution < 1.29 is 15.0 Å².